The van der Waals surface area contributed by atoms with E-state index in [-0.39, 0.29) is 12.4 Å². The van der Waals surface area contributed by atoms with Crippen molar-refractivity contribution in [3.63, 3.8) is 0 Å². The van der Waals surface area contributed by atoms with Crippen LogP contribution in [-0.2, 0) is 6.54 Å². The van der Waals surface area contributed by atoms with Crippen LogP contribution in [-0.4, -0.2) is 47.7 Å². The van der Waals surface area contributed by atoms with Crippen LogP contribution in [0.3, 0.4) is 0 Å². The number of aromatic nitrogens is 2. The number of benzene rings is 1. The number of hydrogen-bond donors (Lipinski definition) is 0. The third kappa shape index (κ3) is 4.31. The average Bonchev–Trinajstić information content (AvgIpc) is 2.85. The lowest BCUT2D eigenvalue weighted by Gasteiger charge is -2.12. The lowest BCUT2D eigenvalue weighted by molar-refractivity contribution is 0.0910. The molecule has 0 fully saturated rings. The summed E-state index contributed by atoms with van der Waals surface area (Å²) >= 11 is 6.06. The molecule has 2 aromatic rings. The minimum Gasteiger partial charge on any atom is -0.485 e. The normalized spacial score (nSPS) is 10.9. The van der Waals surface area contributed by atoms with E-state index in [9.17, 15) is 4.79 Å². The molecule has 112 valence electrons. The SMILES string of the molecule is CN(C)CCn1ncc(Cl)c1C(=O)COc1ccccc1. The van der Waals surface area contributed by atoms with Crippen molar-refractivity contribution in [2.75, 3.05) is 27.2 Å². The highest BCUT2D eigenvalue weighted by atomic mass is 35.5. The second-order valence-electron chi connectivity index (χ2n) is 4.89. The molecular formula is C15H18ClN3O2. The predicted molar refractivity (Wildman–Crippen MR) is 82.1 cm³/mol. The molecule has 0 aliphatic rings. The first-order valence-electron chi connectivity index (χ1n) is 6.65. The fourth-order valence-corrected chi connectivity index (χ4v) is 2.08. The van der Waals surface area contributed by atoms with E-state index in [1.165, 1.54) is 6.20 Å². The minimum absolute atomic E-state index is 0.0581. The topological polar surface area (TPSA) is 47.4 Å². The zero-order valence-corrected chi connectivity index (χ0v) is 12.9. The summed E-state index contributed by atoms with van der Waals surface area (Å²) in [4.78, 5) is 14.3. The van der Waals surface area contributed by atoms with E-state index in [1.54, 1.807) is 16.8 Å². The molecule has 0 amide bonds. The van der Waals surface area contributed by atoms with E-state index in [0.29, 0.717) is 23.0 Å². The third-order valence-electron chi connectivity index (χ3n) is 2.93. The van der Waals surface area contributed by atoms with E-state index >= 15 is 0 Å². The van der Waals surface area contributed by atoms with Gasteiger partial charge in [0, 0.05) is 6.54 Å². The smallest absolute Gasteiger partial charge is 0.219 e. The van der Waals surface area contributed by atoms with Crippen LogP contribution in [0.5, 0.6) is 5.75 Å². The highest BCUT2D eigenvalue weighted by molar-refractivity contribution is 6.33. The van der Waals surface area contributed by atoms with Crippen LogP contribution in [0, 0.1) is 0 Å². The van der Waals surface area contributed by atoms with Gasteiger partial charge in [0.05, 0.1) is 17.8 Å². The molecule has 0 saturated carbocycles. The lowest BCUT2D eigenvalue weighted by Crippen LogP contribution is -2.23. The molecule has 0 aliphatic heterocycles. The highest BCUT2D eigenvalue weighted by Gasteiger charge is 2.18. The second-order valence-corrected chi connectivity index (χ2v) is 5.30. The Hall–Kier alpha value is -1.85. The summed E-state index contributed by atoms with van der Waals surface area (Å²) in [7, 11) is 3.93. The molecule has 21 heavy (non-hydrogen) atoms. The van der Waals surface area contributed by atoms with Gasteiger partial charge in [0.25, 0.3) is 0 Å². The first-order valence-corrected chi connectivity index (χ1v) is 7.03. The number of ether oxygens (including phenoxy) is 1. The maximum absolute atomic E-state index is 12.3. The first kappa shape index (κ1) is 15.5. The van der Waals surface area contributed by atoms with Crippen molar-refractivity contribution in [3.8, 4) is 5.75 Å². The Morgan fingerprint density at radius 3 is 2.71 bits per heavy atom. The monoisotopic (exact) mass is 307 g/mol. The van der Waals surface area contributed by atoms with Crippen molar-refractivity contribution in [2.45, 2.75) is 6.54 Å². The number of para-hydroxylation sites is 1. The summed E-state index contributed by atoms with van der Waals surface area (Å²) in [5.41, 5.74) is 0.398. The van der Waals surface area contributed by atoms with Gasteiger partial charge in [-0.05, 0) is 26.2 Å². The maximum atomic E-state index is 12.3. The lowest BCUT2D eigenvalue weighted by atomic mass is 10.3. The number of halogens is 1. The highest BCUT2D eigenvalue weighted by Crippen LogP contribution is 2.17. The van der Waals surface area contributed by atoms with Gasteiger partial charge in [-0.15, -0.1) is 0 Å². The number of ketones is 1. The molecule has 0 aliphatic carbocycles. The van der Waals surface area contributed by atoms with E-state index in [0.717, 1.165) is 6.54 Å². The van der Waals surface area contributed by atoms with Crippen molar-refractivity contribution in [3.05, 3.63) is 47.2 Å². The molecule has 6 heteroatoms. The second kappa shape index (κ2) is 7.24. The number of likely N-dealkylation sites (N-methyl/N-ethyl adjacent to an activating group) is 1. The summed E-state index contributed by atoms with van der Waals surface area (Å²) < 4.78 is 7.09. The summed E-state index contributed by atoms with van der Waals surface area (Å²) in [5.74, 6) is 0.474. The molecular weight excluding hydrogens is 290 g/mol. The Labute approximate surface area is 129 Å². The summed E-state index contributed by atoms with van der Waals surface area (Å²) in [6.45, 7) is 1.32. The minimum atomic E-state index is -0.180. The van der Waals surface area contributed by atoms with Crippen LogP contribution in [0.4, 0.5) is 0 Å². The Kier molecular flexibility index (Phi) is 5.36. The van der Waals surface area contributed by atoms with Crippen LogP contribution < -0.4 is 4.74 Å². The fraction of sp³-hybridized carbons (Fsp3) is 0.333. The van der Waals surface area contributed by atoms with Gasteiger partial charge in [0.1, 0.15) is 11.4 Å². The number of hydrogen-bond acceptors (Lipinski definition) is 4. The number of carbonyl (C=O) groups excluding carboxylic acids is 1. The molecule has 1 heterocycles. The van der Waals surface area contributed by atoms with Crippen LogP contribution in [0.25, 0.3) is 0 Å². The summed E-state index contributed by atoms with van der Waals surface area (Å²) in [6, 6.07) is 9.21. The van der Waals surface area contributed by atoms with Gasteiger partial charge in [0.15, 0.2) is 6.61 Å². The molecule has 0 atom stereocenters. The van der Waals surface area contributed by atoms with Crippen molar-refractivity contribution >= 4 is 17.4 Å². The van der Waals surface area contributed by atoms with Gasteiger partial charge >= 0.3 is 0 Å². The Morgan fingerprint density at radius 2 is 2.05 bits per heavy atom. The van der Waals surface area contributed by atoms with Crippen molar-refractivity contribution in [1.82, 2.24) is 14.7 Å². The van der Waals surface area contributed by atoms with Gasteiger partial charge in [-0.2, -0.15) is 5.10 Å². The molecule has 0 spiro atoms. The van der Waals surface area contributed by atoms with E-state index in [1.807, 2.05) is 37.2 Å². The van der Waals surface area contributed by atoms with Gasteiger partial charge in [-0.3, -0.25) is 9.48 Å². The Bertz CT molecular complexity index is 596. The van der Waals surface area contributed by atoms with Gasteiger partial charge in [0.2, 0.25) is 5.78 Å². The van der Waals surface area contributed by atoms with Crippen LogP contribution in [0.1, 0.15) is 10.5 Å². The maximum Gasteiger partial charge on any atom is 0.219 e. The molecule has 1 aromatic heterocycles. The van der Waals surface area contributed by atoms with E-state index in [2.05, 4.69) is 5.10 Å². The zero-order chi connectivity index (χ0) is 15.2. The van der Waals surface area contributed by atoms with E-state index < -0.39 is 0 Å². The molecule has 0 bridgehead atoms. The van der Waals surface area contributed by atoms with E-state index in [4.69, 9.17) is 16.3 Å². The van der Waals surface area contributed by atoms with Crippen molar-refractivity contribution in [2.24, 2.45) is 0 Å². The predicted octanol–water partition coefficient (Wildman–Crippen LogP) is 2.36. The number of carbonyl (C=O) groups is 1. The molecule has 0 N–H and O–H groups in total. The Morgan fingerprint density at radius 1 is 1.33 bits per heavy atom. The number of Topliss-reactive ketones (excluding diaryl/α,β-unsaturated/α-hetero) is 1. The van der Waals surface area contributed by atoms with Crippen LogP contribution in [0.15, 0.2) is 36.5 Å². The average molecular weight is 308 g/mol. The molecule has 2 rings (SSSR count). The fourth-order valence-electron chi connectivity index (χ4n) is 1.84. The standard InChI is InChI=1S/C15H18ClN3O2/c1-18(2)8-9-19-15(13(16)10-17-19)14(20)11-21-12-6-4-3-5-7-12/h3-7,10H,8-9,11H2,1-2H3. The van der Waals surface area contributed by atoms with Crippen molar-refractivity contribution in [1.29, 1.82) is 0 Å². The molecule has 0 radical (unpaired) electrons. The summed E-state index contributed by atoms with van der Waals surface area (Å²) in [5, 5.41) is 4.50. The van der Waals surface area contributed by atoms with Crippen LogP contribution >= 0.6 is 11.6 Å². The van der Waals surface area contributed by atoms with Crippen LogP contribution in [0.2, 0.25) is 5.02 Å². The van der Waals surface area contributed by atoms with Gasteiger partial charge < -0.3 is 9.64 Å². The van der Waals surface area contributed by atoms with Crippen molar-refractivity contribution < 1.29 is 9.53 Å². The molecule has 0 saturated heterocycles. The quantitative estimate of drug-likeness (QED) is 0.737. The first-order chi connectivity index (χ1) is 10.1. The summed E-state index contributed by atoms with van der Waals surface area (Å²) in [6.07, 6.45) is 1.49. The number of nitrogens with zero attached hydrogens (tertiary/aromatic N) is 3. The largest absolute Gasteiger partial charge is 0.485 e. The third-order valence-corrected chi connectivity index (χ3v) is 3.21. The Balaban J connectivity index is 2.03. The van der Waals surface area contributed by atoms with Gasteiger partial charge in [-0.1, -0.05) is 29.8 Å². The molecule has 5 nitrogen and oxygen atoms in total. The molecule has 0 unspecified atom stereocenters. The number of rotatable bonds is 7. The molecule has 1 aromatic carbocycles. The zero-order valence-electron chi connectivity index (χ0n) is 12.1. The van der Waals surface area contributed by atoms with Gasteiger partial charge in [-0.25, -0.2) is 0 Å².